The zero-order valence-corrected chi connectivity index (χ0v) is 12.8. The summed E-state index contributed by atoms with van der Waals surface area (Å²) in [5.41, 5.74) is 0.662. The lowest BCUT2D eigenvalue weighted by atomic mass is 9.71. The van der Waals surface area contributed by atoms with Crippen LogP contribution in [0.1, 0.15) is 44.3 Å². The molecule has 106 valence electrons. The Morgan fingerprint density at radius 1 is 1.37 bits per heavy atom. The van der Waals surface area contributed by atoms with E-state index in [0.717, 1.165) is 18.4 Å². The van der Waals surface area contributed by atoms with E-state index in [1.807, 2.05) is 24.3 Å². The summed E-state index contributed by atoms with van der Waals surface area (Å²) in [6.07, 6.45) is 3.94. The van der Waals surface area contributed by atoms with E-state index in [1.54, 1.807) is 0 Å². The van der Waals surface area contributed by atoms with Gasteiger partial charge in [-0.25, -0.2) is 0 Å². The van der Waals surface area contributed by atoms with Crippen LogP contribution in [-0.4, -0.2) is 29.6 Å². The molecular weight excluding hydrogens is 258 g/mol. The molecule has 2 nitrogen and oxygen atoms in total. The first-order valence-electron chi connectivity index (χ1n) is 7.07. The Bertz CT molecular complexity index is 435. The molecule has 0 amide bonds. The van der Waals surface area contributed by atoms with Crippen LogP contribution in [0.25, 0.3) is 0 Å². The van der Waals surface area contributed by atoms with Gasteiger partial charge in [-0.3, -0.25) is 0 Å². The number of halogens is 1. The Balaban J connectivity index is 2.36. The van der Waals surface area contributed by atoms with Gasteiger partial charge in [0, 0.05) is 10.6 Å². The van der Waals surface area contributed by atoms with Crippen molar-refractivity contribution >= 4 is 11.6 Å². The van der Waals surface area contributed by atoms with Crippen molar-refractivity contribution in [1.29, 1.82) is 0 Å². The van der Waals surface area contributed by atoms with Crippen molar-refractivity contribution in [2.45, 2.75) is 44.2 Å². The second-order valence-electron chi connectivity index (χ2n) is 6.12. The zero-order chi connectivity index (χ0) is 14.0. The molecule has 1 saturated carbocycles. The van der Waals surface area contributed by atoms with Crippen molar-refractivity contribution in [2.75, 3.05) is 14.1 Å². The van der Waals surface area contributed by atoms with Gasteiger partial charge in [0.15, 0.2) is 0 Å². The van der Waals surface area contributed by atoms with Gasteiger partial charge in [-0.05, 0) is 38.9 Å². The second-order valence-corrected chi connectivity index (χ2v) is 6.53. The summed E-state index contributed by atoms with van der Waals surface area (Å²) >= 11 is 6.26. The number of aliphatic hydroxyl groups excluding tert-OH is 1. The predicted octanol–water partition coefficient (Wildman–Crippen LogP) is 3.88. The maximum atomic E-state index is 10.9. The molecule has 0 radical (unpaired) electrons. The SMILES string of the molecule is CC1CCCC(C(O)c2ccccc2Cl)(N(C)C)C1. The van der Waals surface area contributed by atoms with Gasteiger partial charge in [0.2, 0.25) is 0 Å². The number of hydrogen-bond donors (Lipinski definition) is 1. The van der Waals surface area contributed by atoms with Crippen LogP contribution in [0.3, 0.4) is 0 Å². The molecule has 1 aromatic carbocycles. The number of benzene rings is 1. The highest BCUT2D eigenvalue weighted by molar-refractivity contribution is 6.31. The molecule has 1 fully saturated rings. The maximum Gasteiger partial charge on any atom is 0.0987 e. The summed E-state index contributed by atoms with van der Waals surface area (Å²) in [5.74, 6) is 0.647. The minimum absolute atomic E-state index is 0.192. The summed E-state index contributed by atoms with van der Waals surface area (Å²) in [5, 5.41) is 11.6. The highest BCUT2D eigenvalue weighted by Crippen LogP contribution is 2.45. The average Bonchev–Trinajstić information content (AvgIpc) is 2.38. The lowest BCUT2D eigenvalue weighted by Crippen LogP contribution is -2.52. The number of hydrogen-bond acceptors (Lipinski definition) is 2. The Kier molecular flexibility index (Phi) is 4.54. The molecule has 0 aromatic heterocycles. The van der Waals surface area contributed by atoms with Crippen LogP contribution >= 0.6 is 11.6 Å². The Labute approximate surface area is 121 Å². The van der Waals surface area contributed by atoms with E-state index in [0.29, 0.717) is 10.9 Å². The van der Waals surface area contributed by atoms with E-state index in [4.69, 9.17) is 11.6 Å². The maximum absolute atomic E-state index is 10.9. The third-order valence-electron chi connectivity index (χ3n) is 4.61. The Morgan fingerprint density at radius 3 is 2.63 bits per heavy atom. The summed E-state index contributed by atoms with van der Waals surface area (Å²) in [6, 6.07) is 7.65. The van der Waals surface area contributed by atoms with Gasteiger partial charge in [0.1, 0.15) is 0 Å². The largest absolute Gasteiger partial charge is 0.386 e. The minimum Gasteiger partial charge on any atom is -0.386 e. The van der Waals surface area contributed by atoms with Crippen LogP contribution in [0.4, 0.5) is 0 Å². The number of rotatable bonds is 3. The van der Waals surface area contributed by atoms with Crippen LogP contribution in [-0.2, 0) is 0 Å². The highest BCUT2D eigenvalue weighted by atomic mass is 35.5. The lowest BCUT2D eigenvalue weighted by molar-refractivity contribution is -0.0450. The standard InChI is InChI=1S/C16H24ClNO/c1-12-7-6-10-16(11-12,18(2)3)15(19)13-8-4-5-9-14(13)17/h4-5,8-9,12,15,19H,6-7,10-11H2,1-3H3. The first-order valence-corrected chi connectivity index (χ1v) is 7.45. The molecule has 3 heteroatoms. The monoisotopic (exact) mass is 281 g/mol. The van der Waals surface area contributed by atoms with Gasteiger partial charge < -0.3 is 10.0 Å². The minimum atomic E-state index is -0.529. The Morgan fingerprint density at radius 2 is 2.05 bits per heavy atom. The summed E-state index contributed by atoms with van der Waals surface area (Å²) in [4.78, 5) is 2.19. The third kappa shape index (κ3) is 2.81. The van der Waals surface area contributed by atoms with Gasteiger partial charge in [-0.1, -0.05) is 49.6 Å². The molecule has 1 aromatic rings. The van der Waals surface area contributed by atoms with Gasteiger partial charge in [0.05, 0.1) is 11.6 Å². The summed E-state index contributed by atoms with van der Waals surface area (Å²) < 4.78 is 0. The average molecular weight is 282 g/mol. The van der Waals surface area contributed by atoms with Crippen LogP contribution in [0.2, 0.25) is 5.02 Å². The van der Waals surface area contributed by atoms with Crippen molar-refractivity contribution in [3.05, 3.63) is 34.9 Å². The molecular formula is C16H24ClNO. The number of likely N-dealkylation sites (N-methyl/N-ethyl adjacent to an activating group) is 1. The molecule has 0 heterocycles. The number of nitrogens with zero attached hydrogens (tertiary/aromatic N) is 1. The zero-order valence-electron chi connectivity index (χ0n) is 12.1. The topological polar surface area (TPSA) is 23.5 Å². The molecule has 1 N–H and O–H groups in total. The first kappa shape index (κ1) is 14.8. The molecule has 3 atom stereocenters. The number of aliphatic hydroxyl groups is 1. The molecule has 1 aliphatic rings. The molecule has 0 bridgehead atoms. The van der Waals surface area contributed by atoms with Crippen LogP contribution in [0.5, 0.6) is 0 Å². The van der Waals surface area contributed by atoms with Crippen LogP contribution < -0.4 is 0 Å². The normalized spacial score (nSPS) is 29.5. The summed E-state index contributed by atoms with van der Waals surface area (Å²) in [6.45, 7) is 2.27. The van der Waals surface area contributed by atoms with E-state index in [2.05, 4.69) is 25.9 Å². The smallest absolute Gasteiger partial charge is 0.0987 e. The van der Waals surface area contributed by atoms with E-state index in [-0.39, 0.29) is 5.54 Å². The fourth-order valence-corrected chi connectivity index (χ4v) is 3.69. The molecule has 0 saturated heterocycles. The molecule has 1 aliphatic carbocycles. The van der Waals surface area contributed by atoms with Crippen LogP contribution in [0, 0.1) is 5.92 Å². The quantitative estimate of drug-likeness (QED) is 0.909. The molecule has 0 aliphatic heterocycles. The van der Waals surface area contributed by atoms with E-state index in [9.17, 15) is 5.11 Å². The lowest BCUT2D eigenvalue weighted by Gasteiger charge is -2.48. The van der Waals surface area contributed by atoms with Gasteiger partial charge in [0.25, 0.3) is 0 Å². The van der Waals surface area contributed by atoms with E-state index >= 15 is 0 Å². The third-order valence-corrected chi connectivity index (χ3v) is 4.95. The fourth-order valence-electron chi connectivity index (χ4n) is 3.45. The van der Waals surface area contributed by atoms with Gasteiger partial charge >= 0.3 is 0 Å². The summed E-state index contributed by atoms with van der Waals surface area (Å²) in [7, 11) is 4.14. The van der Waals surface area contributed by atoms with Gasteiger partial charge in [-0.2, -0.15) is 0 Å². The molecule has 3 unspecified atom stereocenters. The van der Waals surface area contributed by atoms with Crippen molar-refractivity contribution in [1.82, 2.24) is 4.90 Å². The fraction of sp³-hybridized carbons (Fsp3) is 0.625. The van der Waals surface area contributed by atoms with Gasteiger partial charge in [-0.15, -0.1) is 0 Å². The van der Waals surface area contributed by atoms with E-state index in [1.165, 1.54) is 12.8 Å². The van der Waals surface area contributed by atoms with Crippen molar-refractivity contribution < 1.29 is 5.11 Å². The molecule has 0 spiro atoms. The molecule has 2 rings (SSSR count). The van der Waals surface area contributed by atoms with E-state index < -0.39 is 6.10 Å². The van der Waals surface area contributed by atoms with Crippen molar-refractivity contribution in [3.63, 3.8) is 0 Å². The van der Waals surface area contributed by atoms with Crippen molar-refractivity contribution in [3.8, 4) is 0 Å². The van der Waals surface area contributed by atoms with Crippen LogP contribution in [0.15, 0.2) is 24.3 Å². The first-order chi connectivity index (χ1) is 8.97. The second kappa shape index (κ2) is 5.82. The Hall–Kier alpha value is -0.570. The highest BCUT2D eigenvalue weighted by Gasteiger charge is 2.44. The predicted molar refractivity (Wildman–Crippen MR) is 80.5 cm³/mol. The van der Waals surface area contributed by atoms with Crippen molar-refractivity contribution in [2.24, 2.45) is 5.92 Å². The molecule has 19 heavy (non-hydrogen) atoms.